The molecule has 0 saturated heterocycles. The molecule has 0 amide bonds. The van der Waals surface area contributed by atoms with Crippen LogP contribution in [0.3, 0.4) is 0 Å². The highest BCUT2D eigenvalue weighted by molar-refractivity contribution is 9.10. The highest BCUT2D eigenvalue weighted by Crippen LogP contribution is 2.32. The van der Waals surface area contributed by atoms with Crippen molar-refractivity contribution in [3.05, 3.63) is 63.9 Å². The van der Waals surface area contributed by atoms with E-state index in [1.165, 1.54) is 6.07 Å². The van der Waals surface area contributed by atoms with E-state index in [2.05, 4.69) is 21.2 Å². The van der Waals surface area contributed by atoms with Crippen molar-refractivity contribution >= 4 is 27.6 Å². The van der Waals surface area contributed by atoms with E-state index in [0.29, 0.717) is 10.0 Å². The quantitative estimate of drug-likeness (QED) is 0.853. The van der Waals surface area contributed by atoms with E-state index in [9.17, 15) is 9.18 Å². The molecule has 2 aromatic rings. The molecule has 1 aliphatic rings. The molecule has 3 rings (SSSR count). The molecule has 0 aromatic heterocycles. The molecule has 96 valence electrons. The lowest BCUT2D eigenvalue weighted by molar-refractivity contribution is 0.0436. The van der Waals surface area contributed by atoms with E-state index in [1.54, 1.807) is 30.3 Å². The van der Waals surface area contributed by atoms with Gasteiger partial charge in [-0.05, 0) is 24.3 Å². The standard InChI is InChI=1S/C14H9BrFNO2/c15-8-5-6-12(11(16)7-8)17-13-9-3-1-2-4-10(9)14(18)19-13/h1-7,13,17H/t13-/m0/s1. The van der Waals surface area contributed by atoms with Gasteiger partial charge in [0, 0.05) is 10.0 Å². The fraction of sp³-hybridized carbons (Fsp3) is 0.0714. The van der Waals surface area contributed by atoms with Crippen LogP contribution in [0.2, 0.25) is 0 Å². The highest BCUT2D eigenvalue weighted by Gasteiger charge is 2.30. The lowest BCUT2D eigenvalue weighted by Crippen LogP contribution is -2.11. The summed E-state index contributed by atoms with van der Waals surface area (Å²) in [6.45, 7) is 0. The molecule has 1 atom stereocenters. The molecule has 0 fully saturated rings. The monoisotopic (exact) mass is 321 g/mol. The minimum atomic E-state index is -0.653. The first-order valence-electron chi connectivity index (χ1n) is 5.66. The minimum Gasteiger partial charge on any atom is -0.434 e. The second-order valence-corrected chi connectivity index (χ2v) is 5.06. The van der Waals surface area contributed by atoms with Crippen LogP contribution in [0.15, 0.2) is 46.9 Å². The first kappa shape index (κ1) is 12.2. The number of hydrogen-bond donors (Lipinski definition) is 1. The predicted octanol–water partition coefficient (Wildman–Crippen LogP) is 3.87. The van der Waals surface area contributed by atoms with Crippen LogP contribution in [0.1, 0.15) is 22.1 Å². The van der Waals surface area contributed by atoms with Gasteiger partial charge < -0.3 is 10.1 Å². The number of halogens is 2. The first-order valence-corrected chi connectivity index (χ1v) is 6.46. The van der Waals surface area contributed by atoms with Crippen LogP contribution in [-0.2, 0) is 4.74 Å². The van der Waals surface area contributed by atoms with Gasteiger partial charge >= 0.3 is 5.97 Å². The molecule has 0 spiro atoms. The number of esters is 1. The fourth-order valence-corrected chi connectivity index (χ4v) is 2.33. The molecule has 1 heterocycles. The SMILES string of the molecule is O=C1O[C@H](Nc2ccc(Br)cc2F)c2ccccc21. The van der Waals surface area contributed by atoms with Crippen LogP contribution < -0.4 is 5.32 Å². The molecule has 5 heteroatoms. The number of fused-ring (bicyclic) bond motifs is 1. The summed E-state index contributed by atoms with van der Waals surface area (Å²) in [7, 11) is 0. The molecule has 1 N–H and O–H groups in total. The summed E-state index contributed by atoms with van der Waals surface area (Å²) >= 11 is 3.19. The number of ether oxygens (including phenoxy) is 1. The molecule has 1 aliphatic heterocycles. The Bertz CT molecular complexity index is 660. The zero-order chi connectivity index (χ0) is 13.4. The van der Waals surface area contributed by atoms with E-state index in [1.807, 2.05) is 6.07 Å². The summed E-state index contributed by atoms with van der Waals surface area (Å²) in [5.74, 6) is -0.805. The normalized spacial score (nSPS) is 16.9. The summed E-state index contributed by atoms with van der Waals surface area (Å²) in [5, 5.41) is 2.88. The van der Waals surface area contributed by atoms with Crippen LogP contribution in [0.5, 0.6) is 0 Å². The van der Waals surface area contributed by atoms with Crippen LogP contribution >= 0.6 is 15.9 Å². The maximum absolute atomic E-state index is 13.7. The number of benzene rings is 2. The average Bonchev–Trinajstić information content (AvgIpc) is 2.71. The maximum Gasteiger partial charge on any atom is 0.340 e. The van der Waals surface area contributed by atoms with Gasteiger partial charge in [0.15, 0.2) is 0 Å². The summed E-state index contributed by atoms with van der Waals surface area (Å²) in [5.41, 5.74) is 1.52. The summed E-state index contributed by atoms with van der Waals surface area (Å²) in [6.07, 6.45) is -0.653. The van der Waals surface area contributed by atoms with Crippen LogP contribution in [0.25, 0.3) is 0 Å². The maximum atomic E-state index is 13.7. The lowest BCUT2D eigenvalue weighted by atomic mass is 10.1. The molecular formula is C14H9BrFNO2. The summed E-state index contributed by atoms with van der Waals surface area (Å²) in [6, 6.07) is 11.7. The van der Waals surface area contributed by atoms with Gasteiger partial charge in [-0.3, -0.25) is 0 Å². The van der Waals surface area contributed by atoms with E-state index in [4.69, 9.17) is 4.74 Å². The van der Waals surface area contributed by atoms with Gasteiger partial charge in [-0.1, -0.05) is 34.1 Å². The number of rotatable bonds is 2. The van der Waals surface area contributed by atoms with Gasteiger partial charge in [-0.25, -0.2) is 9.18 Å². The smallest absolute Gasteiger partial charge is 0.340 e. The van der Waals surface area contributed by atoms with Gasteiger partial charge in [-0.2, -0.15) is 0 Å². The number of nitrogens with one attached hydrogen (secondary N) is 1. The Morgan fingerprint density at radius 2 is 2.00 bits per heavy atom. The third-order valence-corrected chi connectivity index (χ3v) is 3.40. The molecule has 0 unspecified atom stereocenters. The van der Waals surface area contributed by atoms with Crippen LogP contribution in [0.4, 0.5) is 10.1 Å². The number of carbonyl (C=O) groups excluding carboxylic acids is 1. The van der Waals surface area contributed by atoms with Gasteiger partial charge in [0.2, 0.25) is 6.23 Å². The average molecular weight is 322 g/mol. The minimum absolute atomic E-state index is 0.290. The van der Waals surface area contributed by atoms with E-state index < -0.39 is 18.0 Å². The van der Waals surface area contributed by atoms with Crippen molar-refractivity contribution < 1.29 is 13.9 Å². The molecule has 19 heavy (non-hydrogen) atoms. The van der Waals surface area contributed by atoms with Crippen molar-refractivity contribution in [1.29, 1.82) is 0 Å². The Morgan fingerprint density at radius 1 is 1.21 bits per heavy atom. The largest absolute Gasteiger partial charge is 0.434 e. The molecule has 0 radical (unpaired) electrons. The molecule has 0 aliphatic carbocycles. The molecule has 0 saturated carbocycles. The molecule has 3 nitrogen and oxygen atoms in total. The highest BCUT2D eigenvalue weighted by atomic mass is 79.9. The summed E-state index contributed by atoms with van der Waals surface area (Å²) < 4.78 is 19.6. The van der Waals surface area contributed by atoms with Crippen LogP contribution in [0, 0.1) is 5.82 Å². The Kier molecular flexibility index (Phi) is 2.98. The third kappa shape index (κ3) is 2.21. The van der Waals surface area contributed by atoms with Gasteiger partial charge in [0.25, 0.3) is 0 Å². The first-order chi connectivity index (χ1) is 9.15. The van der Waals surface area contributed by atoms with Crippen molar-refractivity contribution in [3.63, 3.8) is 0 Å². The Balaban J connectivity index is 1.91. The fourth-order valence-electron chi connectivity index (χ4n) is 2.00. The van der Waals surface area contributed by atoms with Crippen molar-refractivity contribution in [2.24, 2.45) is 0 Å². The Morgan fingerprint density at radius 3 is 2.79 bits per heavy atom. The predicted molar refractivity (Wildman–Crippen MR) is 72.3 cm³/mol. The number of cyclic esters (lactones) is 1. The second-order valence-electron chi connectivity index (χ2n) is 4.14. The van der Waals surface area contributed by atoms with Crippen molar-refractivity contribution in [2.75, 3.05) is 5.32 Å². The third-order valence-electron chi connectivity index (χ3n) is 2.91. The lowest BCUT2D eigenvalue weighted by Gasteiger charge is -2.15. The van der Waals surface area contributed by atoms with E-state index in [-0.39, 0.29) is 5.69 Å². The van der Waals surface area contributed by atoms with Crippen molar-refractivity contribution in [3.8, 4) is 0 Å². The Labute approximate surface area is 117 Å². The van der Waals surface area contributed by atoms with Gasteiger partial charge in [0.05, 0.1) is 11.3 Å². The van der Waals surface area contributed by atoms with Crippen LogP contribution in [-0.4, -0.2) is 5.97 Å². The number of hydrogen-bond acceptors (Lipinski definition) is 3. The van der Waals surface area contributed by atoms with E-state index in [0.717, 1.165) is 5.56 Å². The van der Waals surface area contributed by atoms with Crippen molar-refractivity contribution in [1.82, 2.24) is 0 Å². The molecule has 2 aromatic carbocycles. The van der Waals surface area contributed by atoms with Gasteiger partial charge in [-0.15, -0.1) is 0 Å². The zero-order valence-corrected chi connectivity index (χ0v) is 11.3. The summed E-state index contributed by atoms with van der Waals surface area (Å²) in [4.78, 5) is 11.6. The number of anilines is 1. The zero-order valence-electron chi connectivity index (χ0n) is 9.69. The van der Waals surface area contributed by atoms with Crippen molar-refractivity contribution in [2.45, 2.75) is 6.23 Å². The number of carbonyl (C=O) groups is 1. The topological polar surface area (TPSA) is 38.3 Å². The van der Waals surface area contributed by atoms with E-state index >= 15 is 0 Å². The Hall–Kier alpha value is -1.88. The molecule has 0 bridgehead atoms. The van der Waals surface area contributed by atoms with Gasteiger partial charge in [0.1, 0.15) is 5.82 Å². The second kappa shape index (κ2) is 4.66. The molecular weight excluding hydrogens is 313 g/mol.